The average Bonchev–Trinajstić information content (AvgIpc) is 2.94. The number of aryl methyl sites for hydroxylation is 1. The molecule has 0 spiro atoms. The summed E-state index contributed by atoms with van der Waals surface area (Å²) >= 11 is 0. The molecule has 4 nitrogen and oxygen atoms in total. The maximum absolute atomic E-state index is 6.06. The smallest absolute Gasteiger partial charge is 0.0795 e. The highest BCUT2D eigenvalue weighted by molar-refractivity contribution is 5.55. The lowest BCUT2D eigenvalue weighted by molar-refractivity contribution is 0.492. The number of nitrogens with zero attached hydrogens (tertiary/aromatic N) is 3. The van der Waals surface area contributed by atoms with E-state index in [2.05, 4.69) is 61.5 Å². The van der Waals surface area contributed by atoms with E-state index in [1.807, 2.05) is 6.20 Å². The molecule has 1 aliphatic heterocycles. The lowest BCUT2D eigenvalue weighted by Gasteiger charge is -2.34. The van der Waals surface area contributed by atoms with Gasteiger partial charge < -0.3 is 10.6 Å². The molecule has 1 fully saturated rings. The number of hydrogen-bond acceptors (Lipinski definition) is 3. The fourth-order valence-electron chi connectivity index (χ4n) is 3.30. The van der Waals surface area contributed by atoms with E-state index in [9.17, 15) is 0 Å². The topological polar surface area (TPSA) is 47.1 Å². The quantitative estimate of drug-likeness (QED) is 0.924. The summed E-state index contributed by atoms with van der Waals surface area (Å²) in [7, 11) is 0. The largest absolute Gasteiger partial charge is 0.369 e. The van der Waals surface area contributed by atoms with Gasteiger partial charge in [0, 0.05) is 24.5 Å². The van der Waals surface area contributed by atoms with E-state index in [-0.39, 0.29) is 5.41 Å². The van der Waals surface area contributed by atoms with Crippen molar-refractivity contribution in [1.29, 1.82) is 0 Å². The van der Waals surface area contributed by atoms with E-state index in [1.54, 1.807) is 0 Å². The van der Waals surface area contributed by atoms with Gasteiger partial charge in [0.25, 0.3) is 0 Å². The summed E-state index contributed by atoms with van der Waals surface area (Å²) in [6.07, 6.45) is 4.13. The molecule has 1 aliphatic rings. The molecule has 23 heavy (non-hydrogen) atoms. The van der Waals surface area contributed by atoms with Crippen molar-refractivity contribution >= 4 is 5.69 Å². The molecule has 2 N–H and O–H groups in total. The molecular weight excluding hydrogens is 284 g/mol. The fraction of sp³-hybridized carbons (Fsp3) is 0.526. The number of benzene rings is 1. The van der Waals surface area contributed by atoms with Crippen LogP contribution in [0.15, 0.2) is 30.5 Å². The monoisotopic (exact) mass is 312 g/mol. The molecule has 0 atom stereocenters. The number of rotatable bonds is 2. The normalized spacial score (nSPS) is 16.8. The zero-order valence-electron chi connectivity index (χ0n) is 14.7. The molecule has 2 aromatic rings. The summed E-state index contributed by atoms with van der Waals surface area (Å²) in [6.45, 7) is 10.9. The third-order valence-electron chi connectivity index (χ3n) is 4.62. The molecule has 2 heterocycles. The van der Waals surface area contributed by atoms with Crippen molar-refractivity contribution in [2.24, 2.45) is 5.73 Å². The second-order valence-electron chi connectivity index (χ2n) is 7.70. The number of aromatic nitrogens is 2. The Kier molecular flexibility index (Phi) is 4.19. The second-order valence-corrected chi connectivity index (χ2v) is 7.70. The van der Waals surface area contributed by atoms with Gasteiger partial charge in [0.15, 0.2) is 0 Å². The standard InChI is InChI=1S/C19H28N4/c1-14-5-7-16(8-6-14)23-18(19(2,3)4)17(13-21-23)22-11-9-15(20)10-12-22/h5-8,13,15H,9-12,20H2,1-4H3. The van der Waals surface area contributed by atoms with Crippen molar-refractivity contribution in [3.63, 3.8) is 0 Å². The summed E-state index contributed by atoms with van der Waals surface area (Å²) in [6, 6.07) is 8.92. The first-order valence-corrected chi connectivity index (χ1v) is 8.52. The zero-order valence-corrected chi connectivity index (χ0v) is 14.7. The van der Waals surface area contributed by atoms with Crippen LogP contribution in [0.3, 0.4) is 0 Å². The minimum atomic E-state index is 0.0241. The van der Waals surface area contributed by atoms with Gasteiger partial charge in [-0.05, 0) is 31.9 Å². The molecule has 0 amide bonds. The van der Waals surface area contributed by atoms with E-state index < -0.39 is 0 Å². The van der Waals surface area contributed by atoms with E-state index in [0.717, 1.165) is 31.6 Å². The Morgan fingerprint density at radius 3 is 2.26 bits per heavy atom. The van der Waals surface area contributed by atoms with Crippen molar-refractivity contribution < 1.29 is 0 Å². The summed E-state index contributed by atoms with van der Waals surface area (Å²) in [5.74, 6) is 0. The fourth-order valence-corrected chi connectivity index (χ4v) is 3.30. The number of hydrogen-bond donors (Lipinski definition) is 1. The van der Waals surface area contributed by atoms with Crippen molar-refractivity contribution in [2.75, 3.05) is 18.0 Å². The number of piperidine rings is 1. The molecule has 124 valence electrons. The highest BCUT2D eigenvalue weighted by Crippen LogP contribution is 2.35. The molecule has 1 aromatic carbocycles. The van der Waals surface area contributed by atoms with Crippen LogP contribution in [0.1, 0.15) is 44.9 Å². The van der Waals surface area contributed by atoms with Crippen LogP contribution in [0.4, 0.5) is 5.69 Å². The molecular formula is C19H28N4. The van der Waals surface area contributed by atoms with Crippen molar-refractivity contribution in [3.8, 4) is 5.69 Å². The third-order valence-corrected chi connectivity index (χ3v) is 4.62. The van der Waals surface area contributed by atoms with E-state index in [0.29, 0.717) is 6.04 Å². The van der Waals surface area contributed by atoms with Crippen molar-refractivity contribution in [3.05, 3.63) is 41.7 Å². The first-order chi connectivity index (χ1) is 10.9. The Hall–Kier alpha value is -1.81. The van der Waals surface area contributed by atoms with Gasteiger partial charge in [0.2, 0.25) is 0 Å². The van der Waals surface area contributed by atoms with E-state index >= 15 is 0 Å². The molecule has 1 saturated heterocycles. The summed E-state index contributed by atoms with van der Waals surface area (Å²) in [5.41, 5.74) is 11.0. The lowest BCUT2D eigenvalue weighted by Crippen LogP contribution is -2.40. The Balaban J connectivity index is 2.03. The third kappa shape index (κ3) is 3.27. The minimum Gasteiger partial charge on any atom is -0.369 e. The predicted molar refractivity (Wildman–Crippen MR) is 96.4 cm³/mol. The average molecular weight is 312 g/mol. The van der Waals surface area contributed by atoms with Crippen LogP contribution in [0.2, 0.25) is 0 Å². The SMILES string of the molecule is Cc1ccc(-n2ncc(N3CCC(N)CC3)c2C(C)(C)C)cc1. The Labute approximate surface area is 139 Å². The van der Waals surface area contributed by atoms with Gasteiger partial charge in [0.05, 0.1) is 23.3 Å². The summed E-state index contributed by atoms with van der Waals surface area (Å²) < 4.78 is 2.10. The van der Waals surface area contributed by atoms with Crippen molar-refractivity contribution in [2.45, 2.75) is 52.0 Å². The molecule has 0 saturated carbocycles. The highest BCUT2D eigenvalue weighted by atomic mass is 15.3. The molecule has 0 unspecified atom stereocenters. The maximum atomic E-state index is 6.06. The molecule has 4 heteroatoms. The molecule has 0 aliphatic carbocycles. The maximum Gasteiger partial charge on any atom is 0.0795 e. The van der Waals surface area contributed by atoms with Crippen LogP contribution < -0.4 is 10.6 Å². The zero-order chi connectivity index (χ0) is 16.6. The van der Waals surface area contributed by atoms with Crippen LogP contribution in [0.25, 0.3) is 5.69 Å². The van der Waals surface area contributed by atoms with Crippen LogP contribution in [0.5, 0.6) is 0 Å². The molecule has 0 radical (unpaired) electrons. The molecule has 1 aromatic heterocycles. The van der Waals surface area contributed by atoms with E-state index in [1.165, 1.54) is 16.9 Å². The minimum absolute atomic E-state index is 0.0241. The van der Waals surface area contributed by atoms with Crippen molar-refractivity contribution in [1.82, 2.24) is 9.78 Å². The van der Waals surface area contributed by atoms with Gasteiger partial charge in [0.1, 0.15) is 0 Å². The molecule has 0 bridgehead atoms. The van der Waals surface area contributed by atoms with Gasteiger partial charge in [-0.25, -0.2) is 4.68 Å². The number of anilines is 1. The first kappa shape index (κ1) is 16.1. The van der Waals surface area contributed by atoms with Gasteiger partial charge in [-0.15, -0.1) is 0 Å². The van der Waals surface area contributed by atoms with Crippen LogP contribution in [-0.4, -0.2) is 28.9 Å². The van der Waals surface area contributed by atoms with Gasteiger partial charge in [-0.1, -0.05) is 38.5 Å². The highest BCUT2D eigenvalue weighted by Gasteiger charge is 2.29. The summed E-state index contributed by atoms with van der Waals surface area (Å²) in [4.78, 5) is 2.45. The Bertz CT molecular complexity index is 656. The number of nitrogens with two attached hydrogens (primary N) is 1. The second kappa shape index (κ2) is 6.00. The van der Waals surface area contributed by atoms with Gasteiger partial charge in [-0.3, -0.25) is 0 Å². The van der Waals surface area contributed by atoms with Crippen LogP contribution in [0, 0.1) is 6.92 Å². The predicted octanol–water partition coefficient (Wildman–Crippen LogP) is 3.41. The van der Waals surface area contributed by atoms with E-state index in [4.69, 9.17) is 10.8 Å². The van der Waals surface area contributed by atoms with Crippen LogP contribution in [-0.2, 0) is 5.41 Å². The Morgan fingerprint density at radius 1 is 1.09 bits per heavy atom. The first-order valence-electron chi connectivity index (χ1n) is 8.52. The Morgan fingerprint density at radius 2 is 1.70 bits per heavy atom. The van der Waals surface area contributed by atoms with Crippen LogP contribution >= 0.6 is 0 Å². The van der Waals surface area contributed by atoms with Gasteiger partial charge >= 0.3 is 0 Å². The van der Waals surface area contributed by atoms with Gasteiger partial charge in [-0.2, -0.15) is 5.10 Å². The lowest BCUT2D eigenvalue weighted by atomic mass is 9.90. The molecule has 3 rings (SSSR count). The summed E-state index contributed by atoms with van der Waals surface area (Å²) in [5, 5.41) is 4.72.